The van der Waals surface area contributed by atoms with Crippen LogP contribution in [-0.4, -0.2) is 49.4 Å². The molecule has 0 spiro atoms. The normalized spacial score (nSPS) is 20.9. The minimum Gasteiger partial charge on any atom is -0.334 e. The highest BCUT2D eigenvalue weighted by atomic mass is 16.2. The summed E-state index contributed by atoms with van der Waals surface area (Å²) in [5.74, 6) is 0.149. The van der Waals surface area contributed by atoms with Gasteiger partial charge in [-0.25, -0.2) is 9.50 Å². The maximum atomic E-state index is 13.1. The van der Waals surface area contributed by atoms with Gasteiger partial charge in [-0.3, -0.25) is 19.6 Å². The fourth-order valence-electron chi connectivity index (χ4n) is 4.48. The summed E-state index contributed by atoms with van der Waals surface area (Å²) in [6.45, 7) is 10.6. The minimum atomic E-state index is -0.0276. The number of amides is 1. The van der Waals surface area contributed by atoms with Crippen molar-refractivity contribution in [3.63, 3.8) is 0 Å². The van der Waals surface area contributed by atoms with E-state index in [-0.39, 0.29) is 23.4 Å². The molecule has 0 radical (unpaired) electrons. The molecule has 1 atom stereocenters. The van der Waals surface area contributed by atoms with Crippen molar-refractivity contribution in [3.8, 4) is 0 Å². The van der Waals surface area contributed by atoms with E-state index >= 15 is 0 Å². The number of aromatic amines is 1. The van der Waals surface area contributed by atoms with E-state index in [9.17, 15) is 9.59 Å². The van der Waals surface area contributed by atoms with E-state index in [0.717, 1.165) is 55.7 Å². The second kappa shape index (κ2) is 7.35. The van der Waals surface area contributed by atoms with Crippen molar-refractivity contribution in [2.24, 2.45) is 5.92 Å². The number of rotatable bonds is 3. The van der Waals surface area contributed by atoms with Gasteiger partial charge in [0.25, 0.3) is 5.56 Å². The van der Waals surface area contributed by atoms with E-state index in [1.807, 2.05) is 24.8 Å². The number of nitrogens with one attached hydrogen (secondary N) is 1. The van der Waals surface area contributed by atoms with Crippen LogP contribution in [0.1, 0.15) is 70.0 Å². The quantitative estimate of drug-likeness (QED) is 0.881. The number of likely N-dealkylation sites (tertiary alicyclic amines) is 1. The third-order valence-electron chi connectivity index (χ3n) is 6.18. The summed E-state index contributed by atoms with van der Waals surface area (Å²) in [5.41, 5.74) is 3.30. The van der Waals surface area contributed by atoms with Crippen LogP contribution in [0.25, 0.3) is 5.65 Å². The lowest BCUT2D eigenvalue weighted by atomic mass is 9.97. The molecule has 1 fully saturated rings. The molecule has 0 saturated carbocycles. The van der Waals surface area contributed by atoms with Gasteiger partial charge in [-0.1, -0.05) is 13.8 Å². The summed E-state index contributed by atoms with van der Waals surface area (Å²) in [4.78, 5) is 34.9. The highest BCUT2D eigenvalue weighted by Crippen LogP contribution is 2.31. The maximum Gasteiger partial charge on any atom is 0.277 e. The third-order valence-corrected chi connectivity index (χ3v) is 6.18. The van der Waals surface area contributed by atoms with Gasteiger partial charge in [0.15, 0.2) is 5.65 Å². The van der Waals surface area contributed by atoms with Crippen LogP contribution in [0.2, 0.25) is 0 Å². The van der Waals surface area contributed by atoms with Crippen molar-refractivity contribution in [1.29, 1.82) is 0 Å². The molecule has 0 aromatic carbocycles. The Bertz CT molecular complexity index is 942. The maximum absolute atomic E-state index is 13.1. The third kappa shape index (κ3) is 3.26. The molecule has 0 unspecified atom stereocenters. The molecule has 28 heavy (non-hydrogen) atoms. The number of hydrogen-bond acceptors (Lipinski definition) is 4. The van der Waals surface area contributed by atoms with Crippen LogP contribution >= 0.6 is 0 Å². The Labute approximate surface area is 165 Å². The lowest BCUT2D eigenvalue weighted by molar-refractivity contribution is -0.138. The largest absolute Gasteiger partial charge is 0.334 e. The van der Waals surface area contributed by atoms with E-state index in [1.165, 1.54) is 0 Å². The van der Waals surface area contributed by atoms with E-state index in [4.69, 9.17) is 4.98 Å². The zero-order valence-electron chi connectivity index (χ0n) is 17.4. The van der Waals surface area contributed by atoms with E-state index in [1.54, 1.807) is 4.52 Å². The predicted molar refractivity (Wildman–Crippen MR) is 108 cm³/mol. The summed E-state index contributed by atoms with van der Waals surface area (Å²) in [6.07, 6.45) is 3.85. The molecule has 7 heteroatoms. The Morgan fingerprint density at radius 1 is 1.21 bits per heavy atom. The average molecular weight is 386 g/mol. The Morgan fingerprint density at radius 3 is 2.71 bits per heavy atom. The molecule has 2 aromatic rings. The Morgan fingerprint density at radius 2 is 2.00 bits per heavy atom. The molecular formula is C21H31N5O2. The molecule has 7 nitrogen and oxygen atoms in total. The van der Waals surface area contributed by atoms with Crippen LogP contribution in [0.5, 0.6) is 0 Å². The second-order valence-electron chi connectivity index (χ2n) is 8.76. The molecule has 2 aliphatic rings. The smallest absolute Gasteiger partial charge is 0.277 e. The Kier molecular flexibility index (Phi) is 5.04. The van der Waals surface area contributed by atoms with E-state index in [2.05, 4.69) is 23.8 Å². The highest BCUT2D eigenvalue weighted by molar-refractivity contribution is 5.78. The second-order valence-corrected chi connectivity index (χ2v) is 8.76. The number of carbonyl (C=O) groups is 1. The first-order valence-electron chi connectivity index (χ1n) is 10.5. The van der Waals surface area contributed by atoms with Gasteiger partial charge in [0.05, 0.1) is 23.0 Å². The fourth-order valence-corrected chi connectivity index (χ4v) is 4.48. The number of aromatic nitrogens is 3. The molecule has 152 valence electrons. The lowest BCUT2D eigenvalue weighted by Gasteiger charge is -2.36. The summed E-state index contributed by atoms with van der Waals surface area (Å²) in [7, 11) is 0. The first-order valence-corrected chi connectivity index (χ1v) is 10.5. The van der Waals surface area contributed by atoms with Crippen LogP contribution < -0.4 is 5.56 Å². The molecular weight excluding hydrogens is 354 g/mol. The zero-order valence-corrected chi connectivity index (χ0v) is 17.4. The summed E-state index contributed by atoms with van der Waals surface area (Å²) in [5, 5.41) is 3.28. The molecule has 1 amide bonds. The van der Waals surface area contributed by atoms with Crippen molar-refractivity contribution < 1.29 is 4.79 Å². The first-order chi connectivity index (χ1) is 13.4. The molecule has 4 heterocycles. The van der Waals surface area contributed by atoms with Gasteiger partial charge in [0.1, 0.15) is 0 Å². The molecule has 0 aliphatic carbocycles. The molecule has 2 aromatic heterocycles. The molecule has 0 bridgehead atoms. The van der Waals surface area contributed by atoms with Crippen LogP contribution in [0.15, 0.2) is 10.9 Å². The van der Waals surface area contributed by atoms with Crippen molar-refractivity contribution in [2.45, 2.75) is 72.0 Å². The van der Waals surface area contributed by atoms with Crippen molar-refractivity contribution in [3.05, 3.63) is 33.4 Å². The summed E-state index contributed by atoms with van der Waals surface area (Å²) < 4.78 is 1.57. The van der Waals surface area contributed by atoms with Crippen molar-refractivity contribution in [2.75, 3.05) is 13.1 Å². The van der Waals surface area contributed by atoms with Crippen LogP contribution in [0.4, 0.5) is 0 Å². The van der Waals surface area contributed by atoms with Gasteiger partial charge in [-0.15, -0.1) is 0 Å². The number of H-pyrrole nitrogens is 1. The van der Waals surface area contributed by atoms with E-state index in [0.29, 0.717) is 18.2 Å². The fraction of sp³-hybridized carbons (Fsp3) is 0.667. The van der Waals surface area contributed by atoms with Crippen LogP contribution in [0.3, 0.4) is 0 Å². The molecule has 4 rings (SSSR count). The number of nitrogens with zero attached hydrogens (tertiary/aromatic N) is 4. The lowest BCUT2D eigenvalue weighted by Crippen LogP contribution is -2.41. The van der Waals surface area contributed by atoms with Crippen molar-refractivity contribution >= 4 is 11.6 Å². The Balaban J connectivity index is 1.73. The van der Waals surface area contributed by atoms with Gasteiger partial charge in [0.2, 0.25) is 5.91 Å². The SMILES string of the molecule is CC(C)C(=O)N1CCCC[C@H]1c1cc2nc3c(c(=O)n2[nH]1)CN(C(C)C)CC3. The molecule has 1 saturated heterocycles. The van der Waals surface area contributed by atoms with Crippen LogP contribution in [-0.2, 0) is 17.8 Å². The summed E-state index contributed by atoms with van der Waals surface area (Å²) >= 11 is 0. The molecule has 2 aliphatic heterocycles. The number of carbonyl (C=O) groups excluding carboxylic acids is 1. The van der Waals surface area contributed by atoms with Crippen molar-refractivity contribution in [1.82, 2.24) is 24.4 Å². The van der Waals surface area contributed by atoms with Gasteiger partial charge in [0, 0.05) is 44.1 Å². The first kappa shape index (κ1) is 19.2. The average Bonchev–Trinajstić information content (AvgIpc) is 3.11. The minimum absolute atomic E-state index is 0.00542. The monoisotopic (exact) mass is 385 g/mol. The van der Waals surface area contributed by atoms with Gasteiger partial charge >= 0.3 is 0 Å². The summed E-state index contributed by atoms with van der Waals surface area (Å²) in [6, 6.07) is 2.37. The van der Waals surface area contributed by atoms with Crippen LogP contribution in [0, 0.1) is 5.92 Å². The van der Waals surface area contributed by atoms with E-state index < -0.39 is 0 Å². The predicted octanol–water partition coefficient (Wildman–Crippen LogP) is 2.50. The number of piperidine rings is 1. The molecule has 1 N–H and O–H groups in total. The van der Waals surface area contributed by atoms with Gasteiger partial charge in [-0.05, 0) is 33.1 Å². The topological polar surface area (TPSA) is 73.7 Å². The standard InChI is InChI=1S/C21H31N5O2/c1-13(2)20(27)25-9-6-5-7-18(25)17-11-19-22-16-8-10-24(14(3)4)12-15(16)21(28)26(19)23-17/h11,13-14,18,23H,5-10,12H2,1-4H3/t18-/m0/s1. The zero-order chi connectivity index (χ0) is 20.0. The highest BCUT2D eigenvalue weighted by Gasteiger charge is 2.31. The number of hydrogen-bond donors (Lipinski definition) is 1. The van der Waals surface area contributed by atoms with Gasteiger partial charge < -0.3 is 4.90 Å². The number of fused-ring (bicyclic) bond motifs is 2. The van der Waals surface area contributed by atoms with Gasteiger partial charge in [-0.2, -0.15) is 0 Å². The Hall–Kier alpha value is -2.15.